The number of benzene rings is 2. The maximum atomic E-state index is 8.80. The molecular weight excluding hydrogens is 358 g/mol. The van der Waals surface area contributed by atoms with Crippen molar-refractivity contribution in [2.75, 3.05) is 5.75 Å². The Balaban J connectivity index is 1.96. The summed E-state index contributed by atoms with van der Waals surface area (Å²) in [4.78, 5) is 0. The summed E-state index contributed by atoms with van der Waals surface area (Å²) in [7, 11) is -1.000. The zero-order valence-electron chi connectivity index (χ0n) is 14.8. The third kappa shape index (κ3) is 6.88. The first kappa shape index (κ1) is 19.5. The van der Waals surface area contributed by atoms with E-state index in [0.29, 0.717) is 5.56 Å². The summed E-state index contributed by atoms with van der Waals surface area (Å²) in [5, 5.41) is 8.80. The van der Waals surface area contributed by atoms with Crippen LogP contribution in [0.5, 0.6) is 0 Å². The molecule has 0 radical (unpaired) electrons. The topological polar surface area (TPSA) is 23.8 Å². The molecular formula is C21H21NS2Si. The number of rotatable bonds is 4. The summed E-state index contributed by atoms with van der Waals surface area (Å²) in [5.41, 5.74) is 3.61. The van der Waals surface area contributed by atoms with Gasteiger partial charge in [-0.1, -0.05) is 55.8 Å². The maximum absolute atomic E-state index is 8.80. The van der Waals surface area contributed by atoms with E-state index in [4.69, 9.17) is 17.5 Å². The molecule has 0 aliphatic heterocycles. The van der Waals surface area contributed by atoms with Crippen LogP contribution in [0, 0.1) is 23.2 Å². The Kier molecular flexibility index (Phi) is 7.02. The number of thiocarbonyl (C=S) groups is 1. The van der Waals surface area contributed by atoms with Crippen LogP contribution in [0.3, 0.4) is 0 Å². The smallest absolute Gasteiger partial charge is 0.0991 e. The lowest BCUT2D eigenvalue weighted by atomic mass is 10.1. The van der Waals surface area contributed by atoms with Gasteiger partial charge in [-0.25, -0.2) is 0 Å². The van der Waals surface area contributed by atoms with Crippen LogP contribution < -0.4 is 0 Å². The quantitative estimate of drug-likeness (QED) is 0.386. The average Bonchev–Trinajstić information content (AvgIpc) is 2.59. The van der Waals surface area contributed by atoms with E-state index >= 15 is 0 Å². The van der Waals surface area contributed by atoms with Gasteiger partial charge in [0.15, 0.2) is 0 Å². The van der Waals surface area contributed by atoms with Gasteiger partial charge in [-0.2, -0.15) is 5.26 Å². The molecule has 2 rings (SSSR count). The van der Waals surface area contributed by atoms with Crippen LogP contribution >= 0.6 is 24.0 Å². The van der Waals surface area contributed by atoms with Gasteiger partial charge in [-0.3, -0.25) is 0 Å². The van der Waals surface area contributed by atoms with Crippen LogP contribution in [-0.2, 0) is 0 Å². The first-order valence-corrected chi connectivity index (χ1v) is 13.3. The minimum absolute atomic E-state index is 0.648. The Bertz CT molecular complexity index is 829. The molecule has 2 aromatic carbocycles. The van der Waals surface area contributed by atoms with Crippen molar-refractivity contribution >= 4 is 36.3 Å². The molecule has 0 saturated carbocycles. The molecule has 0 saturated heterocycles. The lowest BCUT2D eigenvalue weighted by Gasteiger charge is -2.15. The summed E-state index contributed by atoms with van der Waals surface area (Å²) in [6.45, 7) is 7.16. The third-order valence-electron chi connectivity index (χ3n) is 3.57. The third-order valence-corrected chi connectivity index (χ3v) is 7.18. The van der Waals surface area contributed by atoms with Crippen LogP contribution in [0.1, 0.15) is 22.3 Å². The zero-order valence-corrected chi connectivity index (χ0v) is 17.4. The van der Waals surface area contributed by atoms with E-state index in [1.165, 1.54) is 6.04 Å². The van der Waals surface area contributed by atoms with Crippen molar-refractivity contribution in [3.8, 4) is 17.9 Å². The highest BCUT2D eigenvalue weighted by atomic mass is 32.2. The molecule has 1 nitrogen and oxygen atoms in total. The lowest BCUT2D eigenvalue weighted by molar-refractivity contribution is 1.38. The first-order chi connectivity index (χ1) is 11.9. The highest BCUT2D eigenvalue weighted by Gasteiger charge is 2.13. The second kappa shape index (κ2) is 9.01. The Hall–Kier alpha value is -1.85. The number of hydrogen-bond donors (Lipinski definition) is 0. The normalized spacial score (nSPS) is 10.5. The number of hydrogen-bond acceptors (Lipinski definition) is 3. The van der Waals surface area contributed by atoms with Crippen molar-refractivity contribution in [1.29, 1.82) is 5.26 Å². The molecule has 0 aliphatic rings. The largest absolute Gasteiger partial charge is 0.192 e. The molecule has 25 heavy (non-hydrogen) atoms. The van der Waals surface area contributed by atoms with Gasteiger partial charge in [0.1, 0.15) is 0 Å². The highest BCUT2D eigenvalue weighted by Crippen LogP contribution is 2.19. The fourth-order valence-electron chi connectivity index (χ4n) is 2.00. The van der Waals surface area contributed by atoms with Crippen molar-refractivity contribution in [2.24, 2.45) is 0 Å². The van der Waals surface area contributed by atoms with Gasteiger partial charge in [-0.05, 0) is 53.8 Å². The Morgan fingerprint density at radius 2 is 1.40 bits per heavy atom. The summed E-state index contributed by atoms with van der Waals surface area (Å²) in [6, 6.07) is 18.8. The number of thioether (sulfide) groups is 1. The fourth-order valence-corrected chi connectivity index (χ4v) is 5.73. The van der Waals surface area contributed by atoms with Gasteiger partial charge < -0.3 is 0 Å². The molecule has 0 fully saturated rings. The van der Waals surface area contributed by atoms with E-state index in [0.717, 1.165) is 26.6 Å². The van der Waals surface area contributed by atoms with Crippen LogP contribution in [-0.4, -0.2) is 18.0 Å². The molecule has 0 unspecified atom stereocenters. The average molecular weight is 380 g/mol. The molecule has 0 aromatic heterocycles. The van der Waals surface area contributed by atoms with Crippen LogP contribution in [0.4, 0.5) is 0 Å². The van der Waals surface area contributed by atoms with Gasteiger partial charge in [0, 0.05) is 19.2 Å². The molecule has 0 amide bonds. The SMILES string of the molecule is C[Si](C)(C)CCSC(=S)c1ccc(C#Cc2ccc(C#N)cc2)cc1. The summed E-state index contributed by atoms with van der Waals surface area (Å²) >= 11 is 7.31. The van der Waals surface area contributed by atoms with Crippen molar-refractivity contribution in [3.63, 3.8) is 0 Å². The Labute approximate surface area is 161 Å². The molecule has 4 heteroatoms. The summed E-state index contributed by atoms with van der Waals surface area (Å²) in [5.74, 6) is 7.38. The van der Waals surface area contributed by atoms with Crippen molar-refractivity contribution < 1.29 is 0 Å². The molecule has 126 valence electrons. The fraction of sp³-hybridized carbons (Fsp3) is 0.238. The van der Waals surface area contributed by atoms with Crippen LogP contribution in [0.2, 0.25) is 25.7 Å². The van der Waals surface area contributed by atoms with Gasteiger partial charge in [-0.15, -0.1) is 11.8 Å². The summed E-state index contributed by atoms with van der Waals surface area (Å²) in [6.07, 6.45) is 0. The van der Waals surface area contributed by atoms with E-state index in [-0.39, 0.29) is 0 Å². The highest BCUT2D eigenvalue weighted by molar-refractivity contribution is 8.23. The first-order valence-electron chi connectivity index (χ1n) is 8.17. The molecule has 0 atom stereocenters. The second-order valence-electron chi connectivity index (χ2n) is 6.96. The van der Waals surface area contributed by atoms with Gasteiger partial charge in [0.25, 0.3) is 0 Å². The van der Waals surface area contributed by atoms with Crippen molar-refractivity contribution in [3.05, 3.63) is 70.8 Å². The number of nitriles is 1. The van der Waals surface area contributed by atoms with Gasteiger partial charge in [0.05, 0.1) is 15.8 Å². The molecule has 0 spiro atoms. The molecule has 0 bridgehead atoms. The molecule has 0 aliphatic carbocycles. The Morgan fingerprint density at radius 1 is 0.920 bits per heavy atom. The van der Waals surface area contributed by atoms with E-state index in [9.17, 15) is 0 Å². The Morgan fingerprint density at radius 3 is 1.88 bits per heavy atom. The predicted octanol–water partition coefficient (Wildman–Crippen LogP) is 5.70. The van der Waals surface area contributed by atoms with Gasteiger partial charge >= 0.3 is 0 Å². The van der Waals surface area contributed by atoms with Gasteiger partial charge in [0.2, 0.25) is 0 Å². The minimum atomic E-state index is -1.000. The maximum Gasteiger partial charge on any atom is 0.0991 e. The lowest BCUT2D eigenvalue weighted by Crippen LogP contribution is -2.20. The van der Waals surface area contributed by atoms with Crippen LogP contribution in [0.25, 0.3) is 0 Å². The van der Waals surface area contributed by atoms with Crippen molar-refractivity contribution in [2.45, 2.75) is 25.7 Å². The summed E-state index contributed by atoms with van der Waals surface area (Å²) < 4.78 is 0.963. The minimum Gasteiger partial charge on any atom is -0.192 e. The predicted molar refractivity (Wildman–Crippen MR) is 116 cm³/mol. The van der Waals surface area contributed by atoms with E-state index < -0.39 is 8.07 Å². The molecule has 0 heterocycles. The number of nitrogens with zero attached hydrogens (tertiary/aromatic N) is 1. The molecule has 0 N–H and O–H groups in total. The van der Waals surface area contributed by atoms with E-state index in [1.807, 2.05) is 36.4 Å². The monoisotopic (exact) mass is 379 g/mol. The van der Waals surface area contributed by atoms with E-state index in [1.54, 1.807) is 23.9 Å². The van der Waals surface area contributed by atoms with E-state index in [2.05, 4.69) is 37.6 Å². The zero-order chi connectivity index (χ0) is 18.3. The van der Waals surface area contributed by atoms with Crippen molar-refractivity contribution in [1.82, 2.24) is 0 Å². The molecule has 2 aromatic rings. The standard InChI is InChI=1S/C21H21NS2Si/c1-25(2,3)15-14-24-21(23)20-12-10-18(11-13-20)5-4-17-6-8-19(16-22)9-7-17/h6-13H,14-15H2,1-3H3. The second-order valence-corrected chi connectivity index (χ2v) is 14.4. The van der Waals surface area contributed by atoms with Crippen LogP contribution in [0.15, 0.2) is 48.5 Å².